The lowest BCUT2D eigenvalue weighted by molar-refractivity contribution is -0.137. The molecule has 0 unspecified atom stereocenters. The van der Waals surface area contributed by atoms with E-state index in [0.717, 1.165) is 10.7 Å². The van der Waals surface area contributed by atoms with Gasteiger partial charge < -0.3 is 4.74 Å². The van der Waals surface area contributed by atoms with E-state index in [9.17, 15) is 14.0 Å². The van der Waals surface area contributed by atoms with Gasteiger partial charge in [-0.15, -0.1) is 5.10 Å². The predicted molar refractivity (Wildman–Crippen MR) is 96.4 cm³/mol. The fraction of sp³-hybridized carbons (Fsp3) is 0.118. The minimum Gasteiger partial charge on any atom is -0.463 e. The smallest absolute Gasteiger partial charge is 0.355 e. The van der Waals surface area contributed by atoms with E-state index in [4.69, 9.17) is 27.9 Å². The zero-order valence-electron chi connectivity index (χ0n) is 13.4. The largest absolute Gasteiger partial charge is 0.463 e. The van der Waals surface area contributed by atoms with Crippen molar-refractivity contribution in [1.82, 2.24) is 14.2 Å². The Morgan fingerprint density at radius 2 is 2.12 bits per heavy atom. The van der Waals surface area contributed by atoms with Gasteiger partial charge in [0.25, 0.3) is 0 Å². The highest BCUT2D eigenvalue weighted by Crippen LogP contribution is 2.24. The van der Waals surface area contributed by atoms with Crippen LogP contribution in [0.5, 0.6) is 0 Å². The number of ether oxygens (including phenoxy) is 1. The van der Waals surface area contributed by atoms with Crippen LogP contribution in [0.3, 0.4) is 0 Å². The Labute approximate surface area is 157 Å². The molecule has 0 aliphatic carbocycles. The van der Waals surface area contributed by atoms with Crippen molar-refractivity contribution in [2.24, 2.45) is 0 Å². The fourth-order valence-corrected chi connectivity index (χ4v) is 2.67. The van der Waals surface area contributed by atoms with Gasteiger partial charge in [0.05, 0.1) is 16.7 Å². The monoisotopic (exact) mass is 395 g/mol. The summed E-state index contributed by atoms with van der Waals surface area (Å²) in [7, 11) is 0. The Balaban J connectivity index is 2.11. The number of fused-ring (bicyclic) bond motifs is 1. The highest BCUT2D eigenvalue weighted by molar-refractivity contribution is 6.32. The molecule has 0 aliphatic rings. The first-order valence-electron chi connectivity index (χ1n) is 7.52. The van der Waals surface area contributed by atoms with E-state index in [1.165, 1.54) is 34.9 Å². The van der Waals surface area contributed by atoms with Crippen LogP contribution in [0.2, 0.25) is 10.0 Å². The summed E-state index contributed by atoms with van der Waals surface area (Å²) < 4.78 is 21.3. The van der Waals surface area contributed by atoms with Gasteiger partial charge in [-0.2, -0.15) is 4.68 Å². The van der Waals surface area contributed by atoms with Crippen LogP contribution < -0.4 is 5.69 Å². The van der Waals surface area contributed by atoms with Crippen LogP contribution in [0.1, 0.15) is 12.5 Å². The van der Waals surface area contributed by atoms with Gasteiger partial charge in [0.2, 0.25) is 0 Å². The van der Waals surface area contributed by atoms with Crippen molar-refractivity contribution >= 4 is 40.9 Å². The molecular formula is C17H12Cl2FN3O3. The summed E-state index contributed by atoms with van der Waals surface area (Å²) in [5.74, 6) is -1.30. The summed E-state index contributed by atoms with van der Waals surface area (Å²) in [6.45, 7) is 1.90. The van der Waals surface area contributed by atoms with E-state index in [0.29, 0.717) is 16.2 Å². The summed E-state index contributed by atoms with van der Waals surface area (Å²) in [6, 6.07) is 5.48. The van der Waals surface area contributed by atoms with Crippen molar-refractivity contribution in [3.05, 3.63) is 68.4 Å². The summed E-state index contributed by atoms with van der Waals surface area (Å²) >= 11 is 11.9. The first-order chi connectivity index (χ1) is 12.4. The average Bonchev–Trinajstić information content (AvgIpc) is 2.91. The lowest BCUT2D eigenvalue weighted by Gasteiger charge is -2.05. The predicted octanol–water partition coefficient (Wildman–Crippen LogP) is 3.51. The Bertz CT molecular complexity index is 1090. The second kappa shape index (κ2) is 7.31. The molecule has 26 heavy (non-hydrogen) atoms. The number of carbonyl (C=O) groups excluding carboxylic acids is 1. The highest BCUT2D eigenvalue weighted by atomic mass is 35.5. The van der Waals surface area contributed by atoms with Gasteiger partial charge in [-0.05, 0) is 42.8 Å². The molecule has 0 bridgehead atoms. The second-order valence-electron chi connectivity index (χ2n) is 5.18. The summed E-state index contributed by atoms with van der Waals surface area (Å²) in [5, 5.41) is 4.51. The molecule has 0 saturated heterocycles. The lowest BCUT2D eigenvalue weighted by Crippen LogP contribution is -2.20. The lowest BCUT2D eigenvalue weighted by atomic mass is 10.1. The summed E-state index contributed by atoms with van der Waals surface area (Å²) in [5.41, 5.74) is -0.0674. The van der Waals surface area contributed by atoms with Gasteiger partial charge in [-0.3, -0.25) is 0 Å². The standard InChI is InChI=1S/C17H12Cl2FN3O3/c1-2-26-16(24)6-3-10-7-14(13(20)8-12(10)19)23-17(25)22-9-11(18)4-5-15(22)21-23/h3-9H,2H2,1H3/b6-3+. The number of pyridine rings is 1. The van der Waals surface area contributed by atoms with Crippen molar-refractivity contribution in [1.29, 1.82) is 0 Å². The third kappa shape index (κ3) is 3.49. The van der Waals surface area contributed by atoms with Gasteiger partial charge in [0, 0.05) is 12.3 Å². The minimum absolute atomic E-state index is 0.0756. The van der Waals surface area contributed by atoms with E-state index < -0.39 is 17.5 Å². The third-order valence-corrected chi connectivity index (χ3v) is 4.01. The molecule has 0 N–H and O–H groups in total. The van der Waals surface area contributed by atoms with E-state index >= 15 is 0 Å². The molecule has 0 fully saturated rings. The Morgan fingerprint density at radius 3 is 2.85 bits per heavy atom. The van der Waals surface area contributed by atoms with Crippen molar-refractivity contribution in [2.45, 2.75) is 6.92 Å². The van der Waals surface area contributed by atoms with Crippen LogP contribution in [-0.4, -0.2) is 26.8 Å². The molecular weight excluding hydrogens is 384 g/mol. The zero-order valence-corrected chi connectivity index (χ0v) is 15.0. The van der Waals surface area contributed by atoms with Crippen LogP contribution in [0, 0.1) is 5.82 Å². The highest BCUT2D eigenvalue weighted by Gasteiger charge is 2.15. The van der Waals surface area contributed by atoms with Gasteiger partial charge >= 0.3 is 11.7 Å². The van der Waals surface area contributed by atoms with Crippen LogP contribution >= 0.6 is 23.2 Å². The molecule has 3 aromatic rings. The molecule has 6 nitrogen and oxygen atoms in total. The van der Waals surface area contributed by atoms with Crippen molar-refractivity contribution in [2.75, 3.05) is 6.61 Å². The van der Waals surface area contributed by atoms with E-state index in [-0.39, 0.29) is 17.3 Å². The molecule has 0 atom stereocenters. The number of hydrogen-bond donors (Lipinski definition) is 0. The van der Waals surface area contributed by atoms with Crippen LogP contribution in [0.25, 0.3) is 17.4 Å². The Kier molecular flexibility index (Phi) is 5.11. The molecule has 134 valence electrons. The van der Waals surface area contributed by atoms with Crippen LogP contribution in [0.4, 0.5) is 4.39 Å². The number of nitrogens with zero attached hydrogens (tertiary/aromatic N) is 3. The zero-order chi connectivity index (χ0) is 18.8. The number of esters is 1. The molecule has 0 amide bonds. The number of rotatable bonds is 4. The molecule has 0 spiro atoms. The third-order valence-electron chi connectivity index (χ3n) is 3.46. The maximum absolute atomic E-state index is 14.4. The number of carbonyl (C=O) groups is 1. The summed E-state index contributed by atoms with van der Waals surface area (Å²) in [4.78, 5) is 23.9. The molecule has 3 rings (SSSR count). The fourth-order valence-electron chi connectivity index (χ4n) is 2.30. The molecule has 2 heterocycles. The van der Waals surface area contributed by atoms with Gasteiger partial charge in [-0.1, -0.05) is 23.2 Å². The van der Waals surface area contributed by atoms with Crippen molar-refractivity contribution in [3.8, 4) is 5.69 Å². The van der Waals surface area contributed by atoms with Crippen molar-refractivity contribution < 1.29 is 13.9 Å². The first-order valence-corrected chi connectivity index (χ1v) is 8.27. The molecule has 0 saturated carbocycles. The minimum atomic E-state index is -0.736. The first kappa shape index (κ1) is 18.2. The second-order valence-corrected chi connectivity index (χ2v) is 6.02. The van der Waals surface area contributed by atoms with Crippen molar-refractivity contribution in [3.63, 3.8) is 0 Å². The normalized spacial score (nSPS) is 11.4. The van der Waals surface area contributed by atoms with Gasteiger partial charge in [0.1, 0.15) is 5.69 Å². The SMILES string of the molecule is CCOC(=O)/C=C/c1cc(-n2nc3ccc(Cl)cn3c2=O)c(F)cc1Cl. The maximum Gasteiger partial charge on any atom is 0.355 e. The van der Waals surface area contributed by atoms with E-state index in [2.05, 4.69) is 5.10 Å². The number of hydrogen-bond acceptors (Lipinski definition) is 4. The molecule has 2 aromatic heterocycles. The molecule has 0 aliphatic heterocycles. The Hall–Kier alpha value is -2.64. The van der Waals surface area contributed by atoms with E-state index in [1.54, 1.807) is 13.0 Å². The molecule has 1 aromatic carbocycles. The molecule has 9 heteroatoms. The Morgan fingerprint density at radius 1 is 1.35 bits per heavy atom. The van der Waals surface area contributed by atoms with Gasteiger partial charge in [0.15, 0.2) is 11.5 Å². The number of benzene rings is 1. The number of halogens is 3. The summed E-state index contributed by atoms with van der Waals surface area (Å²) in [6.07, 6.45) is 3.93. The van der Waals surface area contributed by atoms with Crippen LogP contribution in [-0.2, 0) is 9.53 Å². The van der Waals surface area contributed by atoms with Gasteiger partial charge in [-0.25, -0.2) is 18.4 Å². The molecule has 0 radical (unpaired) electrons. The topological polar surface area (TPSA) is 65.6 Å². The average molecular weight is 396 g/mol. The van der Waals surface area contributed by atoms with E-state index in [1.807, 2.05) is 0 Å². The number of aromatic nitrogens is 3. The quantitative estimate of drug-likeness (QED) is 0.500. The maximum atomic E-state index is 14.4. The van der Waals surface area contributed by atoms with Crippen LogP contribution in [0.15, 0.2) is 41.3 Å².